The van der Waals surface area contributed by atoms with Crippen LogP contribution in [0.2, 0.25) is 0 Å². The van der Waals surface area contributed by atoms with Gasteiger partial charge in [0.15, 0.2) is 11.5 Å². The Balaban J connectivity index is 1.63. The first-order valence-corrected chi connectivity index (χ1v) is 10.7. The molecule has 5 rings (SSSR count). The van der Waals surface area contributed by atoms with Crippen LogP contribution in [0.3, 0.4) is 0 Å². The molecule has 2 aromatic rings. The van der Waals surface area contributed by atoms with Gasteiger partial charge in [0, 0.05) is 42.9 Å². The molecular formula is C21H26FN7O. The van der Waals surface area contributed by atoms with Crippen LogP contribution in [0.1, 0.15) is 49.4 Å². The fraction of sp³-hybridized carbons (Fsp3) is 0.524. The van der Waals surface area contributed by atoms with Crippen molar-refractivity contribution in [3.8, 4) is 0 Å². The third-order valence-electron chi connectivity index (χ3n) is 6.59. The van der Waals surface area contributed by atoms with Crippen LogP contribution in [0, 0.1) is 11.8 Å². The molecule has 3 aliphatic heterocycles. The van der Waals surface area contributed by atoms with Crippen LogP contribution in [0.15, 0.2) is 29.3 Å². The minimum absolute atomic E-state index is 0.0162. The van der Waals surface area contributed by atoms with E-state index in [1.165, 1.54) is 6.20 Å². The molecule has 0 radical (unpaired) electrons. The van der Waals surface area contributed by atoms with Crippen LogP contribution in [-0.2, 0) is 0 Å². The predicted molar refractivity (Wildman–Crippen MR) is 113 cm³/mol. The SMILES string of the molecule is CC1C(F)=CN=C2CCCCNC(=O)c3c(N)nn4ccc(nc34)N3CCC[C@@H]3C21. The third kappa shape index (κ3) is 3.03. The number of nitrogen functional groups attached to an aromatic ring is 1. The number of rotatable bonds is 0. The molecule has 2 bridgehead atoms. The van der Waals surface area contributed by atoms with Gasteiger partial charge in [-0.1, -0.05) is 6.92 Å². The van der Waals surface area contributed by atoms with Gasteiger partial charge >= 0.3 is 0 Å². The highest BCUT2D eigenvalue weighted by molar-refractivity contribution is 6.04. The number of nitrogens with two attached hydrogens (primary N) is 1. The van der Waals surface area contributed by atoms with Crippen LogP contribution < -0.4 is 16.0 Å². The third-order valence-corrected chi connectivity index (χ3v) is 6.59. The van der Waals surface area contributed by atoms with Crippen molar-refractivity contribution in [2.45, 2.75) is 45.1 Å². The number of amides is 1. The molecule has 0 aliphatic carbocycles. The van der Waals surface area contributed by atoms with Gasteiger partial charge in [-0.3, -0.25) is 9.79 Å². The average Bonchev–Trinajstić information content (AvgIpc) is 3.32. The van der Waals surface area contributed by atoms with Gasteiger partial charge in [0.25, 0.3) is 5.91 Å². The van der Waals surface area contributed by atoms with E-state index in [4.69, 9.17) is 10.7 Å². The van der Waals surface area contributed by atoms with E-state index < -0.39 is 0 Å². The normalized spacial score (nSPS) is 27.2. The summed E-state index contributed by atoms with van der Waals surface area (Å²) in [6.45, 7) is 3.32. The number of nitrogens with zero attached hydrogens (tertiary/aromatic N) is 5. The second kappa shape index (κ2) is 7.37. The van der Waals surface area contributed by atoms with E-state index >= 15 is 0 Å². The lowest BCUT2D eigenvalue weighted by molar-refractivity contribution is 0.0955. The Labute approximate surface area is 174 Å². The summed E-state index contributed by atoms with van der Waals surface area (Å²) >= 11 is 0. The fourth-order valence-corrected chi connectivity index (χ4v) is 5.08. The molecule has 0 aromatic carbocycles. The molecule has 0 saturated carbocycles. The van der Waals surface area contributed by atoms with E-state index in [-0.39, 0.29) is 35.4 Å². The van der Waals surface area contributed by atoms with Gasteiger partial charge in [0.2, 0.25) is 0 Å². The van der Waals surface area contributed by atoms with E-state index in [1.807, 2.05) is 13.0 Å². The van der Waals surface area contributed by atoms with Crippen LogP contribution in [0.25, 0.3) is 5.65 Å². The summed E-state index contributed by atoms with van der Waals surface area (Å²) in [5.41, 5.74) is 7.85. The van der Waals surface area contributed by atoms with Crippen LogP contribution in [-0.4, -0.2) is 45.3 Å². The summed E-state index contributed by atoms with van der Waals surface area (Å²) in [7, 11) is 0. The van der Waals surface area contributed by atoms with E-state index in [2.05, 4.69) is 20.3 Å². The van der Waals surface area contributed by atoms with E-state index in [0.29, 0.717) is 17.8 Å². The number of carbonyl (C=O) groups excluding carboxylic acids is 1. The first kappa shape index (κ1) is 19.0. The van der Waals surface area contributed by atoms with Gasteiger partial charge in [-0.05, 0) is 38.2 Å². The number of anilines is 2. The maximum Gasteiger partial charge on any atom is 0.258 e. The first-order chi connectivity index (χ1) is 14.5. The average molecular weight is 411 g/mol. The number of aliphatic imine (C=N–C) groups is 1. The Kier molecular flexibility index (Phi) is 4.67. The minimum Gasteiger partial charge on any atom is -0.381 e. The zero-order valence-electron chi connectivity index (χ0n) is 17.0. The van der Waals surface area contributed by atoms with Gasteiger partial charge in [-0.15, -0.1) is 5.10 Å². The molecule has 158 valence electrons. The van der Waals surface area contributed by atoms with Crippen molar-refractivity contribution >= 4 is 28.9 Å². The van der Waals surface area contributed by atoms with Crippen LogP contribution >= 0.6 is 0 Å². The number of hydrogen-bond acceptors (Lipinski definition) is 6. The molecule has 2 aromatic heterocycles. The molecule has 0 spiro atoms. The number of hydrogen-bond donors (Lipinski definition) is 2. The molecule has 30 heavy (non-hydrogen) atoms. The van der Waals surface area contributed by atoms with Crippen molar-refractivity contribution in [1.82, 2.24) is 19.9 Å². The Bertz CT molecular complexity index is 1060. The standard InChI is InChI=1S/C21H26FN7O/c1-12-13(22)11-25-14-5-2-3-8-24-21(30)18-19(23)27-29-10-7-16(26-20(18)29)28-9-4-6-15(28)17(12)14/h7,10-12,15,17H,2-6,8-9H2,1H3,(H2,23,27)(H,24,30)/t12?,15-,17?/m1/s1. The minimum atomic E-state index is -0.256. The number of halogens is 1. The summed E-state index contributed by atoms with van der Waals surface area (Å²) in [5, 5.41) is 7.17. The molecule has 1 saturated heterocycles. The second-order valence-electron chi connectivity index (χ2n) is 8.38. The lowest BCUT2D eigenvalue weighted by Crippen LogP contribution is -2.44. The Morgan fingerprint density at radius 2 is 2.17 bits per heavy atom. The van der Waals surface area contributed by atoms with Crippen molar-refractivity contribution in [2.24, 2.45) is 16.8 Å². The monoisotopic (exact) mass is 411 g/mol. The van der Waals surface area contributed by atoms with Crippen molar-refractivity contribution in [3.05, 3.63) is 29.9 Å². The molecule has 5 heterocycles. The van der Waals surface area contributed by atoms with Crippen molar-refractivity contribution in [2.75, 3.05) is 23.7 Å². The zero-order chi connectivity index (χ0) is 20.8. The second-order valence-corrected chi connectivity index (χ2v) is 8.38. The summed E-state index contributed by atoms with van der Waals surface area (Å²) in [6.07, 6.45) is 7.62. The van der Waals surface area contributed by atoms with Crippen molar-refractivity contribution < 1.29 is 9.18 Å². The van der Waals surface area contributed by atoms with E-state index in [1.54, 1.807) is 10.7 Å². The molecule has 9 heteroatoms. The maximum atomic E-state index is 14.5. The summed E-state index contributed by atoms with van der Waals surface area (Å²) in [6, 6.07) is 2.01. The van der Waals surface area contributed by atoms with Gasteiger partial charge in [-0.2, -0.15) is 0 Å². The van der Waals surface area contributed by atoms with Crippen molar-refractivity contribution in [3.63, 3.8) is 0 Å². The Hall–Kier alpha value is -2.97. The topological polar surface area (TPSA) is 101 Å². The number of carbonyl (C=O) groups is 1. The maximum absolute atomic E-state index is 14.5. The van der Waals surface area contributed by atoms with Crippen LogP contribution in [0.5, 0.6) is 0 Å². The lowest BCUT2D eigenvalue weighted by atomic mass is 9.78. The molecular weight excluding hydrogens is 385 g/mol. The van der Waals surface area contributed by atoms with Crippen LogP contribution in [0.4, 0.5) is 16.0 Å². The smallest absolute Gasteiger partial charge is 0.258 e. The molecule has 3 aliphatic rings. The molecule has 3 atom stereocenters. The molecule has 1 fully saturated rings. The van der Waals surface area contributed by atoms with Crippen molar-refractivity contribution in [1.29, 1.82) is 0 Å². The van der Waals surface area contributed by atoms with E-state index in [9.17, 15) is 9.18 Å². The molecule has 1 amide bonds. The quantitative estimate of drug-likeness (QED) is 0.694. The number of nitrogens with one attached hydrogen (secondary N) is 1. The highest BCUT2D eigenvalue weighted by Gasteiger charge is 2.41. The number of aromatic nitrogens is 3. The van der Waals surface area contributed by atoms with E-state index in [0.717, 1.165) is 50.2 Å². The van der Waals surface area contributed by atoms with Gasteiger partial charge in [0.1, 0.15) is 17.2 Å². The van der Waals surface area contributed by atoms with Gasteiger partial charge < -0.3 is 16.0 Å². The summed E-state index contributed by atoms with van der Waals surface area (Å²) in [4.78, 5) is 24.3. The first-order valence-electron chi connectivity index (χ1n) is 10.7. The summed E-state index contributed by atoms with van der Waals surface area (Å²) < 4.78 is 16.1. The molecule has 2 unspecified atom stereocenters. The van der Waals surface area contributed by atoms with Gasteiger partial charge in [0.05, 0.1) is 6.20 Å². The highest BCUT2D eigenvalue weighted by atomic mass is 19.1. The lowest BCUT2D eigenvalue weighted by Gasteiger charge is -2.37. The highest BCUT2D eigenvalue weighted by Crippen LogP contribution is 2.39. The Morgan fingerprint density at radius 3 is 3.03 bits per heavy atom. The predicted octanol–water partition coefficient (Wildman–Crippen LogP) is 2.71. The fourth-order valence-electron chi connectivity index (χ4n) is 5.08. The summed E-state index contributed by atoms with van der Waals surface area (Å²) in [5.74, 6) is 0.331. The molecule has 8 nitrogen and oxygen atoms in total. The number of fused-ring (bicyclic) bond motifs is 5. The van der Waals surface area contributed by atoms with Gasteiger partial charge in [-0.25, -0.2) is 13.9 Å². The molecule has 3 N–H and O–H groups in total. The number of allylic oxidation sites excluding steroid dienone is 1. The zero-order valence-corrected chi connectivity index (χ0v) is 17.0. The Morgan fingerprint density at radius 1 is 1.30 bits per heavy atom. The largest absolute Gasteiger partial charge is 0.381 e.